The zero-order chi connectivity index (χ0) is 14.7. The molecular formula is C13H13FN2O3S. The Hall–Kier alpha value is -2.15. The molecule has 0 fully saturated rings. The summed E-state index contributed by atoms with van der Waals surface area (Å²) in [6, 6.07) is 2.06. The fourth-order valence-corrected chi connectivity index (χ4v) is 2.45. The summed E-state index contributed by atoms with van der Waals surface area (Å²) in [5.41, 5.74) is 7.79. The van der Waals surface area contributed by atoms with Crippen LogP contribution in [-0.4, -0.2) is 22.7 Å². The molecule has 1 heterocycles. The lowest BCUT2D eigenvalue weighted by molar-refractivity contribution is 0.0697. The minimum atomic E-state index is -1.22. The van der Waals surface area contributed by atoms with Crippen LogP contribution in [0.3, 0.4) is 0 Å². The maximum Gasteiger partial charge on any atom is 0.337 e. The maximum absolute atomic E-state index is 13.6. The Morgan fingerprint density at radius 3 is 2.90 bits per heavy atom. The highest BCUT2D eigenvalue weighted by atomic mass is 32.1. The maximum atomic E-state index is 13.6. The van der Waals surface area contributed by atoms with Gasteiger partial charge in [-0.1, -0.05) is 0 Å². The standard InChI is InChI=1S/C13H13FN2O3S/c1-7-12(20-6-16-7)2-3-19-11-4-8(13(17)18)10(15)5-9(11)14/h4-6H,2-3,15H2,1H3,(H,17,18). The Balaban J connectivity index is 2.08. The first-order valence-corrected chi connectivity index (χ1v) is 6.71. The normalized spacial score (nSPS) is 10.5. The van der Waals surface area contributed by atoms with E-state index in [-0.39, 0.29) is 23.6 Å². The van der Waals surface area contributed by atoms with Crippen LogP contribution in [0.15, 0.2) is 17.6 Å². The lowest BCUT2D eigenvalue weighted by atomic mass is 10.1. The van der Waals surface area contributed by atoms with Gasteiger partial charge in [0.15, 0.2) is 11.6 Å². The van der Waals surface area contributed by atoms with E-state index in [0.29, 0.717) is 6.42 Å². The van der Waals surface area contributed by atoms with E-state index < -0.39 is 11.8 Å². The Morgan fingerprint density at radius 2 is 2.30 bits per heavy atom. The Labute approximate surface area is 118 Å². The first-order valence-electron chi connectivity index (χ1n) is 5.83. The van der Waals surface area contributed by atoms with Crippen molar-refractivity contribution in [3.8, 4) is 5.75 Å². The molecule has 1 aromatic heterocycles. The molecule has 5 nitrogen and oxygen atoms in total. The molecule has 20 heavy (non-hydrogen) atoms. The number of nitrogens with two attached hydrogens (primary N) is 1. The van der Waals surface area contributed by atoms with Crippen LogP contribution in [0.5, 0.6) is 5.75 Å². The van der Waals surface area contributed by atoms with Crippen LogP contribution < -0.4 is 10.5 Å². The van der Waals surface area contributed by atoms with Gasteiger partial charge in [-0.05, 0) is 13.0 Å². The lowest BCUT2D eigenvalue weighted by Gasteiger charge is -2.09. The van der Waals surface area contributed by atoms with E-state index in [9.17, 15) is 9.18 Å². The number of nitrogen functional groups attached to an aromatic ring is 1. The van der Waals surface area contributed by atoms with E-state index in [1.54, 1.807) is 5.51 Å². The number of nitrogens with zero attached hydrogens (tertiary/aromatic N) is 1. The van der Waals surface area contributed by atoms with Gasteiger partial charge in [0.2, 0.25) is 0 Å². The fourth-order valence-electron chi connectivity index (χ4n) is 1.68. The van der Waals surface area contributed by atoms with Gasteiger partial charge < -0.3 is 15.6 Å². The number of thiazole rings is 1. The topological polar surface area (TPSA) is 85.4 Å². The highest BCUT2D eigenvalue weighted by Gasteiger charge is 2.14. The quantitative estimate of drug-likeness (QED) is 0.828. The van der Waals surface area contributed by atoms with Crippen molar-refractivity contribution in [2.24, 2.45) is 0 Å². The smallest absolute Gasteiger partial charge is 0.337 e. The molecule has 0 amide bonds. The molecule has 1 aromatic carbocycles. The zero-order valence-corrected chi connectivity index (χ0v) is 11.5. The Morgan fingerprint density at radius 1 is 1.55 bits per heavy atom. The van der Waals surface area contributed by atoms with E-state index in [1.165, 1.54) is 11.3 Å². The first-order chi connectivity index (χ1) is 9.49. The second-order valence-corrected chi connectivity index (χ2v) is 5.07. The summed E-state index contributed by atoms with van der Waals surface area (Å²) in [6.45, 7) is 2.13. The van der Waals surface area contributed by atoms with Crippen LogP contribution in [0.4, 0.5) is 10.1 Å². The van der Waals surface area contributed by atoms with Crippen molar-refractivity contribution in [1.82, 2.24) is 4.98 Å². The van der Waals surface area contributed by atoms with Gasteiger partial charge in [-0.2, -0.15) is 0 Å². The molecule has 0 unspecified atom stereocenters. The monoisotopic (exact) mass is 296 g/mol. The van der Waals surface area contributed by atoms with Gasteiger partial charge in [0, 0.05) is 23.1 Å². The van der Waals surface area contributed by atoms with Crippen molar-refractivity contribution >= 4 is 23.0 Å². The van der Waals surface area contributed by atoms with E-state index in [2.05, 4.69) is 4.98 Å². The number of hydrogen-bond acceptors (Lipinski definition) is 5. The molecule has 0 aliphatic rings. The number of hydrogen-bond donors (Lipinski definition) is 2. The number of aryl methyl sites for hydroxylation is 1. The number of rotatable bonds is 5. The average molecular weight is 296 g/mol. The van der Waals surface area contributed by atoms with Crippen LogP contribution in [-0.2, 0) is 6.42 Å². The van der Waals surface area contributed by atoms with E-state index in [0.717, 1.165) is 22.7 Å². The summed E-state index contributed by atoms with van der Waals surface area (Å²) >= 11 is 1.50. The minimum absolute atomic E-state index is 0.112. The number of carboxylic acids is 1. The molecule has 0 atom stereocenters. The molecule has 0 saturated heterocycles. The van der Waals surface area contributed by atoms with E-state index in [4.69, 9.17) is 15.6 Å². The number of ether oxygens (including phenoxy) is 1. The second-order valence-electron chi connectivity index (χ2n) is 4.13. The molecule has 0 saturated carbocycles. The fraction of sp³-hybridized carbons (Fsp3) is 0.231. The Bertz CT molecular complexity index is 643. The second kappa shape index (κ2) is 5.87. The number of anilines is 1. The SMILES string of the molecule is Cc1ncsc1CCOc1cc(C(=O)O)c(N)cc1F. The van der Waals surface area contributed by atoms with Crippen LogP contribution in [0, 0.1) is 12.7 Å². The number of carboxylic acid groups (broad SMARTS) is 1. The molecule has 2 rings (SSSR count). The predicted molar refractivity (Wildman–Crippen MR) is 73.8 cm³/mol. The number of aromatic carboxylic acids is 1. The van der Waals surface area contributed by atoms with Crippen molar-refractivity contribution in [3.05, 3.63) is 39.6 Å². The average Bonchev–Trinajstić information content (AvgIpc) is 2.77. The molecule has 0 spiro atoms. The van der Waals surface area contributed by atoms with Gasteiger partial charge in [0.25, 0.3) is 0 Å². The molecule has 0 aliphatic heterocycles. The van der Waals surface area contributed by atoms with Gasteiger partial charge in [-0.3, -0.25) is 0 Å². The third-order valence-corrected chi connectivity index (χ3v) is 3.76. The highest BCUT2D eigenvalue weighted by Crippen LogP contribution is 2.24. The van der Waals surface area contributed by atoms with Gasteiger partial charge in [0.1, 0.15) is 0 Å². The summed E-state index contributed by atoms with van der Waals surface area (Å²) in [7, 11) is 0. The predicted octanol–water partition coefficient (Wildman–Crippen LogP) is 2.49. The van der Waals surface area contributed by atoms with Gasteiger partial charge in [-0.25, -0.2) is 14.2 Å². The van der Waals surface area contributed by atoms with E-state index in [1.807, 2.05) is 6.92 Å². The Kier molecular flexibility index (Phi) is 4.19. The summed E-state index contributed by atoms with van der Waals surface area (Å²) in [4.78, 5) is 16.1. The summed E-state index contributed by atoms with van der Waals surface area (Å²) in [5, 5.41) is 8.93. The largest absolute Gasteiger partial charge is 0.490 e. The van der Waals surface area contributed by atoms with Crippen LogP contribution in [0.1, 0.15) is 20.9 Å². The minimum Gasteiger partial charge on any atom is -0.490 e. The first kappa shape index (κ1) is 14.3. The molecule has 7 heteroatoms. The molecule has 0 radical (unpaired) electrons. The number of benzene rings is 1. The highest BCUT2D eigenvalue weighted by molar-refractivity contribution is 7.09. The van der Waals surface area contributed by atoms with Crippen LogP contribution >= 0.6 is 11.3 Å². The van der Waals surface area contributed by atoms with Crippen molar-refractivity contribution in [2.45, 2.75) is 13.3 Å². The van der Waals surface area contributed by atoms with Crippen molar-refractivity contribution in [1.29, 1.82) is 0 Å². The number of aromatic nitrogens is 1. The van der Waals surface area contributed by atoms with Gasteiger partial charge >= 0.3 is 5.97 Å². The van der Waals surface area contributed by atoms with Crippen molar-refractivity contribution in [3.63, 3.8) is 0 Å². The third kappa shape index (κ3) is 3.05. The molecule has 0 aliphatic carbocycles. The summed E-state index contributed by atoms with van der Waals surface area (Å²) in [6.07, 6.45) is 0.586. The summed E-state index contributed by atoms with van der Waals surface area (Å²) < 4.78 is 18.9. The van der Waals surface area contributed by atoms with Gasteiger partial charge in [0.05, 0.1) is 23.4 Å². The summed E-state index contributed by atoms with van der Waals surface area (Å²) in [5.74, 6) is -2.00. The number of halogens is 1. The lowest BCUT2D eigenvalue weighted by Crippen LogP contribution is -2.07. The van der Waals surface area contributed by atoms with Crippen molar-refractivity contribution in [2.75, 3.05) is 12.3 Å². The van der Waals surface area contributed by atoms with Crippen LogP contribution in [0.25, 0.3) is 0 Å². The zero-order valence-electron chi connectivity index (χ0n) is 10.7. The van der Waals surface area contributed by atoms with Crippen molar-refractivity contribution < 1.29 is 19.0 Å². The molecular weight excluding hydrogens is 283 g/mol. The molecule has 3 N–H and O–H groups in total. The molecule has 0 bridgehead atoms. The van der Waals surface area contributed by atoms with Crippen LogP contribution in [0.2, 0.25) is 0 Å². The molecule has 106 valence electrons. The third-order valence-electron chi connectivity index (χ3n) is 2.77. The van der Waals surface area contributed by atoms with E-state index >= 15 is 0 Å². The molecule has 2 aromatic rings. The number of carbonyl (C=O) groups is 1. The van der Waals surface area contributed by atoms with Gasteiger partial charge in [-0.15, -0.1) is 11.3 Å².